The molecule has 10 heteroatoms. The number of hydrogen-bond acceptors (Lipinski definition) is 5. The van der Waals surface area contributed by atoms with Crippen molar-refractivity contribution in [2.24, 2.45) is 0 Å². The van der Waals surface area contributed by atoms with E-state index >= 15 is 0 Å². The molecule has 2 fully saturated rings. The van der Waals surface area contributed by atoms with E-state index in [1.165, 1.54) is 33.5 Å². The van der Waals surface area contributed by atoms with Crippen LogP contribution in [0.1, 0.15) is 10.4 Å². The fourth-order valence-corrected chi connectivity index (χ4v) is 4.74. The Labute approximate surface area is 165 Å². The SMILES string of the molecule is C[NH+]1CCN(C(=S)NC(=O)c2ccc(S(=O)(=O)N3CCOCC3)cc2)CC1. The number of nitrogens with one attached hydrogen (secondary N) is 2. The molecular weight excluding hydrogens is 388 g/mol. The van der Waals surface area contributed by atoms with E-state index in [1.807, 2.05) is 4.90 Å². The summed E-state index contributed by atoms with van der Waals surface area (Å²) in [5, 5.41) is 3.15. The molecule has 1 amide bonds. The van der Waals surface area contributed by atoms with E-state index in [1.54, 1.807) is 0 Å². The van der Waals surface area contributed by atoms with Gasteiger partial charge >= 0.3 is 0 Å². The van der Waals surface area contributed by atoms with Crippen LogP contribution in [0.4, 0.5) is 0 Å². The van der Waals surface area contributed by atoms with Gasteiger partial charge in [0.05, 0.1) is 51.3 Å². The second kappa shape index (κ2) is 8.61. The molecule has 2 aliphatic rings. The molecule has 2 N–H and O–H groups in total. The van der Waals surface area contributed by atoms with Gasteiger partial charge in [0.15, 0.2) is 5.11 Å². The Kier molecular flexibility index (Phi) is 6.43. The first kappa shape index (κ1) is 20.2. The summed E-state index contributed by atoms with van der Waals surface area (Å²) in [6, 6.07) is 5.95. The van der Waals surface area contributed by atoms with Crippen molar-refractivity contribution in [3.05, 3.63) is 29.8 Å². The van der Waals surface area contributed by atoms with Gasteiger partial charge in [-0.3, -0.25) is 10.1 Å². The Hall–Kier alpha value is -1.59. The molecule has 27 heavy (non-hydrogen) atoms. The zero-order valence-electron chi connectivity index (χ0n) is 15.3. The van der Waals surface area contributed by atoms with Gasteiger partial charge in [-0.15, -0.1) is 0 Å². The van der Waals surface area contributed by atoms with Gasteiger partial charge in [-0.2, -0.15) is 4.31 Å². The van der Waals surface area contributed by atoms with E-state index in [4.69, 9.17) is 17.0 Å². The Morgan fingerprint density at radius 3 is 2.30 bits per heavy atom. The molecule has 0 spiro atoms. The molecule has 0 radical (unpaired) electrons. The molecule has 1 aromatic rings. The Morgan fingerprint density at radius 2 is 1.70 bits per heavy atom. The van der Waals surface area contributed by atoms with Crippen LogP contribution in [0, 0.1) is 0 Å². The predicted octanol–water partition coefficient (Wildman–Crippen LogP) is -1.45. The Balaban J connectivity index is 1.62. The van der Waals surface area contributed by atoms with Crippen molar-refractivity contribution in [3.63, 3.8) is 0 Å². The summed E-state index contributed by atoms with van der Waals surface area (Å²) < 4.78 is 31.8. The summed E-state index contributed by atoms with van der Waals surface area (Å²) in [5.41, 5.74) is 0.373. The largest absolute Gasteiger partial charge is 0.379 e. The van der Waals surface area contributed by atoms with Gasteiger partial charge < -0.3 is 14.5 Å². The van der Waals surface area contributed by atoms with E-state index in [0.29, 0.717) is 37.0 Å². The van der Waals surface area contributed by atoms with E-state index in [2.05, 4.69) is 12.4 Å². The van der Waals surface area contributed by atoms with Gasteiger partial charge in [-0.05, 0) is 36.5 Å². The number of hydrogen-bond donors (Lipinski definition) is 2. The molecule has 148 valence electrons. The van der Waals surface area contributed by atoms with E-state index in [9.17, 15) is 13.2 Å². The van der Waals surface area contributed by atoms with Gasteiger partial charge in [-0.25, -0.2) is 8.42 Å². The second-order valence-corrected chi connectivity index (χ2v) is 9.07. The number of sulfonamides is 1. The number of nitrogens with zero attached hydrogens (tertiary/aromatic N) is 2. The lowest BCUT2D eigenvalue weighted by Gasteiger charge is -2.31. The lowest BCUT2D eigenvalue weighted by atomic mass is 10.2. The maximum Gasteiger partial charge on any atom is 0.257 e. The first-order valence-electron chi connectivity index (χ1n) is 8.97. The standard InChI is InChI=1S/C17H24N4O4S2/c1-19-6-8-20(9-7-19)17(26)18-16(22)14-2-4-15(5-3-14)27(23,24)21-10-12-25-13-11-21/h2-5H,6-13H2,1H3,(H,18,22,26)/p+1. The average molecular weight is 414 g/mol. The highest BCUT2D eigenvalue weighted by Gasteiger charge is 2.26. The highest BCUT2D eigenvalue weighted by Crippen LogP contribution is 2.17. The van der Waals surface area contributed by atoms with E-state index < -0.39 is 10.0 Å². The Bertz CT molecular complexity index is 784. The summed E-state index contributed by atoms with van der Waals surface area (Å²) in [4.78, 5) is 16.0. The second-order valence-electron chi connectivity index (χ2n) is 6.74. The molecule has 0 saturated carbocycles. The molecule has 2 heterocycles. The van der Waals surface area contributed by atoms with E-state index in [-0.39, 0.29) is 10.8 Å². The molecule has 0 unspecified atom stereocenters. The van der Waals surface area contributed by atoms with Crippen LogP contribution >= 0.6 is 12.2 Å². The van der Waals surface area contributed by atoms with Crippen LogP contribution in [-0.2, 0) is 14.8 Å². The smallest absolute Gasteiger partial charge is 0.257 e. The molecule has 1 aromatic carbocycles. The van der Waals surface area contributed by atoms with Crippen LogP contribution in [0.25, 0.3) is 0 Å². The summed E-state index contributed by atoms with van der Waals surface area (Å²) in [7, 11) is -1.43. The van der Waals surface area contributed by atoms with Crippen molar-refractivity contribution in [3.8, 4) is 0 Å². The minimum absolute atomic E-state index is 0.172. The first-order valence-corrected chi connectivity index (χ1v) is 10.8. The molecule has 2 aliphatic heterocycles. The lowest BCUT2D eigenvalue weighted by Crippen LogP contribution is -3.12. The van der Waals surface area contributed by atoms with Crippen molar-refractivity contribution in [2.75, 3.05) is 59.5 Å². The lowest BCUT2D eigenvalue weighted by molar-refractivity contribution is -0.883. The van der Waals surface area contributed by atoms with Gasteiger partial charge in [0, 0.05) is 18.7 Å². The number of morpholine rings is 1. The minimum Gasteiger partial charge on any atom is -0.379 e. The molecule has 0 bridgehead atoms. The predicted molar refractivity (Wildman–Crippen MR) is 104 cm³/mol. The monoisotopic (exact) mass is 413 g/mol. The van der Waals surface area contributed by atoms with Crippen LogP contribution < -0.4 is 10.2 Å². The average Bonchev–Trinajstić information content (AvgIpc) is 2.69. The topological polar surface area (TPSA) is 83.4 Å². The number of piperazine rings is 1. The third-order valence-electron chi connectivity index (χ3n) is 4.85. The molecule has 2 saturated heterocycles. The van der Waals surface area contributed by atoms with Crippen LogP contribution in [0.15, 0.2) is 29.2 Å². The van der Waals surface area contributed by atoms with Gasteiger partial charge in [0.2, 0.25) is 10.0 Å². The van der Waals surface area contributed by atoms with Crippen molar-refractivity contribution < 1.29 is 22.8 Å². The first-order chi connectivity index (χ1) is 12.9. The fourth-order valence-electron chi connectivity index (χ4n) is 3.05. The van der Waals surface area contributed by atoms with Crippen molar-refractivity contribution in [1.82, 2.24) is 14.5 Å². The Morgan fingerprint density at radius 1 is 1.11 bits per heavy atom. The molecule has 8 nitrogen and oxygen atoms in total. The van der Waals surface area contributed by atoms with E-state index in [0.717, 1.165) is 26.2 Å². The van der Waals surface area contributed by atoms with Crippen molar-refractivity contribution in [1.29, 1.82) is 0 Å². The molecule has 0 atom stereocenters. The summed E-state index contributed by atoms with van der Waals surface area (Å²) >= 11 is 5.33. The number of rotatable bonds is 3. The van der Waals surface area contributed by atoms with Crippen LogP contribution in [0.5, 0.6) is 0 Å². The number of thiocarbonyl (C=S) groups is 1. The fraction of sp³-hybridized carbons (Fsp3) is 0.529. The van der Waals surface area contributed by atoms with Gasteiger partial charge in [-0.1, -0.05) is 0 Å². The highest BCUT2D eigenvalue weighted by molar-refractivity contribution is 7.89. The zero-order chi connectivity index (χ0) is 19.4. The van der Waals surface area contributed by atoms with Crippen molar-refractivity contribution >= 4 is 33.3 Å². The van der Waals surface area contributed by atoms with Crippen LogP contribution in [0.3, 0.4) is 0 Å². The number of carbonyl (C=O) groups excluding carboxylic acids is 1. The zero-order valence-corrected chi connectivity index (χ0v) is 16.9. The molecule has 0 aromatic heterocycles. The third-order valence-corrected chi connectivity index (χ3v) is 7.12. The van der Waals surface area contributed by atoms with Gasteiger partial charge in [0.25, 0.3) is 5.91 Å². The minimum atomic E-state index is -3.56. The van der Waals surface area contributed by atoms with Crippen LogP contribution in [0.2, 0.25) is 0 Å². The van der Waals surface area contributed by atoms with Gasteiger partial charge in [0.1, 0.15) is 0 Å². The molecule has 3 rings (SSSR count). The summed E-state index contributed by atoms with van der Waals surface area (Å²) in [5.74, 6) is -0.332. The highest BCUT2D eigenvalue weighted by atomic mass is 32.2. The number of benzene rings is 1. The summed E-state index contributed by atoms with van der Waals surface area (Å²) in [6.07, 6.45) is 0. The number of quaternary nitrogens is 1. The third kappa shape index (κ3) is 4.82. The summed E-state index contributed by atoms with van der Waals surface area (Å²) in [6.45, 7) is 5.03. The molecule has 0 aliphatic carbocycles. The quantitative estimate of drug-likeness (QED) is 0.590. The number of carbonyl (C=O) groups is 1. The maximum atomic E-state index is 12.6. The van der Waals surface area contributed by atoms with Crippen molar-refractivity contribution in [2.45, 2.75) is 4.90 Å². The molecular formula is C17H25N4O4S2+. The maximum absolute atomic E-state index is 12.6. The van der Waals surface area contributed by atoms with Crippen LogP contribution in [-0.4, -0.2) is 88.2 Å². The number of amides is 1. The number of ether oxygens (including phenoxy) is 1. The normalized spacial score (nSPS) is 19.7. The number of likely N-dealkylation sites (N-methyl/N-ethyl adjacent to an activating group) is 1.